The molecule has 0 radical (unpaired) electrons. The third-order valence-electron chi connectivity index (χ3n) is 3.58. The molecule has 0 aliphatic rings. The maximum absolute atomic E-state index is 13.3. The molecule has 3 aromatic rings. The standard InChI is InChI=1S/C15H16FN3O2/c1-4-9-12(15(2,3)21)18-14-17-10-7-8(16)5-6-11(10)19(14)13(9)20/h5-7,21H,4H2,1-3H3,(H,17,18). The summed E-state index contributed by atoms with van der Waals surface area (Å²) in [6.45, 7) is 5.07. The minimum absolute atomic E-state index is 0.238. The average Bonchev–Trinajstić information content (AvgIpc) is 2.74. The van der Waals surface area contributed by atoms with Crippen LogP contribution in [-0.2, 0) is 12.0 Å². The van der Waals surface area contributed by atoms with E-state index in [-0.39, 0.29) is 5.56 Å². The summed E-state index contributed by atoms with van der Waals surface area (Å²) < 4.78 is 14.7. The van der Waals surface area contributed by atoms with E-state index in [4.69, 9.17) is 0 Å². The maximum atomic E-state index is 13.3. The summed E-state index contributed by atoms with van der Waals surface area (Å²) >= 11 is 0. The largest absolute Gasteiger partial charge is 0.384 e. The van der Waals surface area contributed by atoms with Gasteiger partial charge in [0.05, 0.1) is 22.3 Å². The molecule has 5 nitrogen and oxygen atoms in total. The van der Waals surface area contributed by atoms with Crippen molar-refractivity contribution in [3.05, 3.63) is 45.6 Å². The molecule has 0 aliphatic carbocycles. The Kier molecular flexibility index (Phi) is 2.88. The SMILES string of the molecule is CCc1c(C(C)(C)O)[nH]c2nc3cc(F)ccc3n2c1=O. The molecule has 0 unspecified atom stereocenters. The zero-order valence-electron chi connectivity index (χ0n) is 12.1. The van der Waals surface area contributed by atoms with Gasteiger partial charge in [-0.3, -0.25) is 4.79 Å². The van der Waals surface area contributed by atoms with Crippen LogP contribution in [0.2, 0.25) is 0 Å². The van der Waals surface area contributed by atoms with Gasteiger partial charge < -0.3 is 10.1 Å². The summed E-state index contributed by atoms with van der Waals surface area (Å²) in [6.07, 6.45) is 0.478. The van der Waals surface area contributed by atoms with E-state index in [0.29, 0.717) is 34.5 Å². The summed E-state index contributed by atoms with van der Waals surface area (Å²) in [4.78, 5) is 19.9. The number of fused-ring (bicyclic) bond motifs is 3. The number of aliphatic hydroxyl groups is 1. The van der Waals surface area contributed by atoms with Gasteiger partial charge in [0.15, 0.2) is 0 Å². The Hall–Kier alpha value is -2.21. The molecule has 1 aromatic carbocycles. The number of hydrogen-bond acceptors (Lipinski definition) is 3. The van der Waals surface area contributed by atoms with E-state index in [1.54, 1.807) is 13.8 Å². The number of aromatic nitrogens is 3. The fourth-order valence-corrected chi connectivity index (χ4v) is 2.62. The normalized spacial score (nSPS) is 12.4. The van der Waals surface area contributed by atoms with Crippen LogP contribution in [0.3, 0.4) is 0 Å². The average molecular weight is 289 g/mol. The highest BCUT2D eigenvalue weighted by Crippen LogP contribution is 2.22. The molecule has 0 fully saturated rings. The van der Waals surface area contributed by atoms with Crippen molar-refractivity contribution in [2.24, 2.45) is 0 Å². The van der Waals surface area contributed by atoms with E-state index >= 15 is 0 Å². The van der Waals surface area contributed by atoms with Gasteiger partial charge in [-0.05, 0) is 32.4 Å². The second kappa shape index (κ2) is 4.39. The number of halogens is 1. The van der Waals surface area contributed by atoms with Crippen LogP contribution >= 0.6 is 0 Å². The van der Waals surface area contributed by atoms with Gasteiger partial charge in [0, 0.05) is 11.6 Å². The van der Waals surface area contributed by atoms with Crippen LogP contribution in [0, 0.1) is 5.82 Å². The molecule has 6 heteroatoms. The minimum atomic E-state index is -1.18. The fourth-order valence-electron chi connectivity index (χ4n) is 2.62. The first kappa shape index (κ1) is 13.8. The first-order valence-electron chi connectivity index (χ1n) is 6.78. The molecule has 21 heavy (non-hydrogen) atoms. The molecule has 0 aliphatic heterocycles. The number of hydrogen-bond donors (Lipinski definition) is 2. The van der Waals surface area contributed by atoms with Crippen LogP contribution < -0.4 is 5.56 Å². The van der Waals surface area contributed by atoms with Crippen molar-refractivity contribution in [1.82, 2.24) is 14.4 Å². The lowest BCUT2D eigenvalue weighted by atomic mass is 9.99. The number of nitrogens with one attached hydrogen (secondary N) is 1. The lowest BCUT2D eigenvalue weighted by Crippen LogP contribution is -2.29. The molecule has 110 valence electrons. The molecular formula is C15H16FN3O2. The Balaban J connectivity index is 2.51. The van der Waals surface area contributed by atoms with Gasteiger partial charge in [-0.1, -0.05) is 6.92 Å². The van der Waals surface area contributed by atoms with E-state index in [1.807, 2.05) is 6.92 Å². The highest BCUT2D eigenvalue weighted by molar-refractivity contribution is 5.79. The summed E-state index contributed by atoms with van der Waals surface area (Å²) in [7, 11) is 0. The number of H-pyrrole nitrogens is 1. The van der Waals surface area contributed by atoms with Crippen molar-refractivity contribution >= 4 is 16.8 Å². The molecule has 2 heterocycles. The molecule has 0 saturated carbocycles. The van der Waals surface area contributed by atoms with Gasteiger partial charge in [-0.25, -0.2) is 13.8 Å². The Morgan fingerprint density at radius 1 is 1.43 bits per heavy atom. The fraction of sp³-hybridized carbons (Fsp3) is 0.333. The Morgan fingerprint density at radius 2 is 2.14 bits per heavy atom. The van der Waals surface area contributed by atoms with Crippen LogP contribution in [0.4, 0.5) is 4.39 Å². The highest BCUT2D eigenvalue weighted by atomic mass is 19.1. The molecule has 0 amide bonds. The topological polar surface area (TPSA) is 70.4 Å². The number of benzene rings is 1. The van der Waals surface area contributed by atoms with Crippen molar-refractivity contribution in [3.8, 4) is 0 Å². The predicted octanol–water partition coefficient (Wildman–Crippen LogP) is 2.10. The number of nitrogens with zero attached hydrogens (tertiary/aromatic N) is 2. The molecule has 2 aromatic heterocycles. The van der Waals surface area contributed by atoms with Gasteiger partial charge in [0.1, 0.15) is 5.82 Å². The van der Waals surface area contributed by atoms with Crippen molar-refractivity contribution in [3.63, 3.8) is 0 Å². The van der Waals surface area contributed by atoms with Crippen molar-refractivity contribution in [1.29, 1.82) is 0 Å². The van der Waals surface area contributed by atoms with Gasteiger partial charge in [-0.15, -0.1) is 0 Å². The zero-order chi connectivity index (χ0) is 15.4. The summed E-state index contributed by atoms with van der Waals surface area (Å²) in [5.74, 6) is -0.105. The van der Waals surface area contributed by atoms with E-state index in [9.17, 15) is 14.3 Å². The van der Waals surface area contributed by atoms with E-state index < -0.39 is 11.4 Å². The van der Waals surface area contributed by atoms with Crippen LogP contribution in [0.5, 0.6) is 0 Å². The zero-order valence-corrected chi connectivity index (χ0v) is 12.1. The van der Waals surface area contributed by atoms with Gasteiger partial charge >= 0.3 is 0 Å². The number of aromatic amines is 1. The summed E-state index contributed by atoms with van der Waals surface area (Å²) in [5, 5.41) is 10.2. The lowest BCUT2D eigenvalue weighted by molar-refractivity contribution is 0.0728. The van der Waals surface area contributed by atoms with Crippen molar-refractivity contribution in [2.75, 3.05) is 0 Å². The van der Waals surface area contributed by atoms with Crippen LogP contribution in [0.25, 0.3) is 16.8 Å². The molecular weight excluding hydrogens is 273 g/mol. The number of rotatable bonds is 2. The number of imidazole rings is 1. The van der Waals surface area contributed by atoms with E-state index in [2.05, 4.69) is 9.97 Å². The molecule has 3 rings (SSSR count). The summed E-state index contributed by atoms with van der Waals surface area (Å²) in [6, 6.07) is 4.11. The molecule has 0 spiro atoms. The second-order valence-corrected chi connectivity index (χ2v) is 5.60. The second-order valence-electron chi connectivity index (χ2n) is 5.60. The maximum Gasteiger partial charge on any atom is 0.263 e. The molecule has 0 bridgehead atoms. The highest BCUT2D eigenvalue weighted by Gasteiger charge is 2.24. The van der Waals surface area contributed by atoms with Gasteiger partial charge in [-0.2, -0.15) is 0 Å². The molecule has 0 saturated heterocycles. The van der Waals surface area contributed by atoms with E-state index in [1.165, 1.54) is 22.6 Å². The first-order valence-corrected chi connectivity index (χ1v) is 6.78. The predicted molar refractivity (Wildman–Crippen MR) is 77.9 cm³/mol. The minimum Gasteiger partial charge on any atom is -0.384 e. The third-order valence-corrected chi connectivity index (χ3v) is 3.58. The quantitative estimate of drug-likeness (QED) is 0.759. The molecule has 2 N–H and O–H groups in total. The van der Waals surface area contributed by atoms with Crippen LogP contribution in [0.1, 0.15) is 32.0 Å². The van der Waals surface area contributed by atoms with Crippen molar-refractivity contribution < 1.29 is 9.50 Å². The lowest BCUT2D eigenvalue weighted by Gasteiger charge is -2.20. The third kappa shape index (κ3) is 2.03. The smallest absolute Gasteiger partial charge is 0.263 e. The van der Waals surface area contributed by atoms with Crippen LogP contribution in [-0.4, -0.2) is 19.5 Å². The van der Waals surface area contributed by atoms with Crippen molar-refractivity contribution in [2.45, 2.75) is 32.8 Å². The molecule has 0 atom stereocenters. The van der Waals surface area contributed by atoms with E-state index in [0.717, 1.165) is 0 Å². The summed E-state index contributed by atoms with van der Waals surface area (Å²) in [5.41, 5.74) is 0.465. The monoisotopic (exact) mass is 289 g/mol. The van der Waals surface area contributed by atoms with Gasteiger partial charge in [0.2, 0.25) is 5.78 Å². The Bertz CT molecular complexity index is 903. The van der Waals surface area contributed by atoms with Gasteiger partial charge in [0.25, 0.3) is 5.56 Å². The Labute approximate surface area is 120 Å². The first-order chi connectivity index (χ1) is 9.82. The Morgan fingerprint density at radius 3 is 2.76 bits per heavy atom. The van der Waals surface area contributed by atoms with Crippen LogP contribution in [0.15, 0.2) is 23.0 Å².